The quantitative estimate of drug-likeness (QED) is 0.396. The molecule has 0 unspecified atom stereocenters. The molecule has 1 saturated carbocycles. The minimum Gasteiger partial charge on any atom is -0.493 e. The highest BCUT2D eigenvalue weighted by Gasteiger charge is 2.29. The van der Waals surface area contributed by atoms with Crippen LogP contribution in [0.3, 0.4) is 0 Å². The molecule has 0 aromatic heterocycles. The molecule has 2 aromatic carbocycles. The maximum Gasteiger partial charge on any atom is 0.273 e. The average Bonchev–Trinajstić information content (AvgIpc) is 3.63. The van der Waals surface area contributed by atoms with E-state index in [1.807, 2.05) is 0 Å². The van der Waals surface area contributed by atoms with Crippen LogP contribution >= 0.6 is 0 Å². The van der Waals surface area contributed by atoms with Gasteiger partial charge in [-0.3, -0.25) is 25.2 Å². The van der Waals surface area contributed by atoms with Crippen LogP contribution in [-0.4, -0.2) is 24.3 Å². The molecule has 0 heterocycles. The molecule has 164 valence electrons. The number of hydrazine groups is 1. The SMILES string of the molecule is CCCCCCOc1ccccc1C(=O)NNC(=O)c1ccc(NC(=O)C2CC2)cc1. The van der Waals surface area contributed by atoms with Gasteiger partial charge in [-0.05, 0) is 55.7 Å². The number of anilines is 1. The summed E-state index contributed by atoms with van der Waals surface area (Å²) in [5.41, 5.74) is 6.21. The van der Waals surface area contributed by atoms with Gasteiger partial charge < -0.3 is 10.1 Å². The lowest BCUT2D eigenvalue weighted by Gasteiger charge is -2.12. The van der Waals surface area contributed by atoms with Gasteiger partial charge in [0.2, 0.25) is 5.91 Å². The molecular formula is C24H29N3O4. The lowest BCUT2D eigenvalue weighted by Crippen LogP contribution is -2.41. The second-order valence-electron chi connectivity index (χ2n) is 7.65. The summed E-state index contributed by atoms with van der Waals surface area (Å²) >= 11 is 0. The Morgan fingerprint density at radius 1 is 0.903 bits per heavy atom. The van der Waals surface area contributed by atoms with Crippen LogP contribution in [-0.2, 0) is 4.79 Å². The zero-order valence-corrected chi connectivity index (χ0v) is 17.8. The van der Waals surface area contributed by atoms with E-state index in [0.29, 0.717) is 29.2 Å². The summed E-state index contributed by atoms with van der Waals surface area (Å²) in [5.74, 6) is -0.296. The summed E-state index contributed by atoms with van der Waals surface area (Å²) in [4.78, 5) is 36.7. The van der Waals surface area contributed by atoms with Gasteiger partial charge in [0.15, 0.2) is 0 Å². The molecule has 3 rings (SSSR count). The molecule has 3 N–H and O–H groups in total. The number of nitrogens with one attached hydrogen (secondary N) is 3. The lowest BCUT2D eigenvalue weighted by molar-refractivity contribution is -0.117. The van der Waals surface area contributed by atoms with Gasteiger partial charge in [0.1, 0.15) is 5.75 Å². The summed E-state index contributed by atoms with van der Waals surface area (Å²) in [6, 6.07) is 13.5. The standard InChI is InChI=1S/C24H29N3O4/c1-2-3-4-7-16-31-21-9-6-5-8-20(21)24(30)27-26-23(29)18-12-14-19(15-13-18)25-22(28)17-10-11-17/h5-6,8-9,12-15,17H,2-4,7,10-11,16H2,1H3,(H,25,28)(H,26,29)(H,27,30). The maximum absolute atomic E-state index is 12.5. The van der Waals surface area contributed by atoms with Crippen molar-refractivity contribution in [1.29, 1.82) is 0 Å². The summed E-state index contributed by atoms with van der Waals surface area (Å²) < 4.78 is 5.75. The third kappa shape index (κ3) is 6.84. The Balaban J connectivity index is 1.49. The molecule has 0 saturated heterocycles. The summed E-state index contributed by atoms with van der Waals surface area (Å²) in [5, 5.41) is 2.82. The number of rotatable bonds is 10. The Morgan fingerprint density at radius 2 is 1.61 bits per heavy atom. The zero-order valence-electron chi connectivity index (χ0n) is 17.8. The largest absolute Gasteiger partial charge is 0.493 e. The minimum absolute atomic E-state index is 0.00992. The molecular weight excluding hydrogens is 394 g/mol. The number of para-hydroxylation sites is 1. The number of carbonyl (C=O) groups excluding carboxylic acids is 3. The van der Waals surface area contributed by atoms with E-state index in [9.17, 15) is 14.4 Å². The molecule has 3 amide bonds. The van der Waals surface area contributed by atoms with Gasteiger partial charge in [-0.15, -0.1) is 0 Å². The van der Waals surface area contributed by atoms with Crippen LogP contribution in [0, 0.1) is 5.92 Å². The van der Waals surface area contributed by atoms with Crippen molar-refractivity contribution in [2.24, 2.45) is 5.92 Å². The average molecular weight is 424 g/mol. The van der Waals surface area contributed by atoms with Crippen LogP contribution in [0.25, 0.3) is 0 Å². The van der Waals surface area contributed by atoms with Gasteiger partial charge in [-0.1, -0.05) is 38.3 Å². The molecule has 0 spiro atoms. The topological polar surface area (TPSA) is 96.5 Å². The first-order valence-corrected chi connectivity index (χ1v) is 10.8. The number of hydrogen-bond donors (Lipinski definition) is 3. The van der Waals surface area contributed by atoms with Gasteiger partial charge in [-0.2, -0.15) is 0 Å². The Hall–Kier alpha value is -3.35. The monoisotopic (exact) mass is 423 g/mol. The van der Waals surface area contributed by atoms with E-state index in [1.165, 1.54) is 0 Å². The van der Waals surface area contributed by atoms with E-state index < -0.39 is 11.8 Å². The summed E-state index contributed by atoms with van der Waals surface area (Å²) in [6.07, 6.45) is 6.18. The lowest BCUT2D eigenvalue weighted by atomic mass is 10.2. The van der Waals surface area contributed by atoms with Crippen LogP contribution in [0.15, 0.2) is 48.5 Å². The van der Waals surface area contributed by atoms with Crippen LogP contribution < -0.4 is 20.9 Å². The molecule has 31 heavy (non-hydrogen) atoms. The fourth-order valence-electron chi connectivity index (χ4n) is 3.04. The van der Waals surface area contributed by atoms with E-state index >= 15 is 0 Å². The predicted molar refractivity (Wildman–Crippen MR) is 119 cm³/mol. The Bertz CT molecular complexity index is 907. The van der Waals surface area contributed by atoms with E-state index in [1.54, 1.807) is 48.5 Å². The maximum atomic E-state index is 12.5. The second-order valence-corrected chi connectivity index (χ2v) is 7.65. The van der Waals surface area contributed by atoms with Gasteiger partial charge >= 0.3 is 0 Å². The zero-order chi connectivity index (χ0) is 22.1. The van der Waals surface area contributed by atoms with E-state index in [0.717, 1.165) is 38.5 Å². The van der Waals surface area contributed by atoms with Crippen molar-refractivity contribution in [3.05, 3.63) is 59.7 Å². The molecule has 2 aromatic rings. The van der Waals surface area contributed by atoms with E-state index in [4.69, 9.17) is 4.74 Å². The van der Waals surface area contributed by atoms with Crippen LogP contribution in [0.5, 0.6) is 5.75 Å². The minimum atomic E-state index is -0.453. The molecule has 0 aliphatic heterocycles. The number of hydrogen-bond acceptors (Lipinski definition) is 4. The molecule has 7 heteroatoms. The number of amides is 3. The molecule has 0 bridgehead atoms. The van der Waals surface area contributed by atoms with Gasteiger partial charge in [0.25, 0.3) is 11.8 Å². The number of benzene rings is 2. The van der Waals surface area contributed by atoms with Crippen molar-refractivity contribution in [3.63, 3.8) is 0 Å². The van der Waals surface area contributed by atoms with Crippen molar-refractivity contribution in [2.45, 2.75) is 45.4 Å². The highest BCUT2D eigenvalue weighted by atomic mass is 16.5. The predicted octanol–water partition coefficient (Wildman–Crippen LogP) is 4.07. The molecule has 7 nitrogen and oxygen atoms in total. The van der Waals surface area contributed by atoms with Gasteiger partial charge in [0, 0.05) is 17.2 Å². The molecule has 0 atom stereocenters. The third-order valence-electron chi connectivity index (χ3n) is 5.04. The molecule has 0 radical (unpaired) electrons. The van der Waals surface area contributed by atoms with Gasteiger partial charge in [0.05, 0.1) is 12.2 Å². The highest BCUT2D eigenvalue weighted by Crippen LogP contribution is 2.30. The Morgan fingerprint density at radius 3 is 2.32 bits per heavy atom. The van der Waals surface area contributed by atoms with Crippen molar-refractivity contribution >= 4 is 23.4 Å². The Kier molecular flexibility index (Phi) is 8.04. The van der Waals surface area contributed by atoms with E-state index in [2.05, 4.69) is 23.1 Å². The molecule has 1 aliphatic carbocycles. The van der Waals surface area contributed by atoms with Crippen molar-refractivity contribution < 1.29 is 19.1 Å². The van der Waals surface area contributed by atoms with Crippen LogP contribution in [0.4, 0.5) is 5.69 Å². The van der Waals surface area contributed by atoms with Crippen molar-refractivity contribution in [3.8, 4) is 5.75 Å². The highest BCUT2D eigenvalue weighted by molar-refractivity contribution is 6.01. The fourth-order valence-corrected chi connectivity index (χ4v) is 3.04. The molecule has 1 aliphatic rings. The summed E-state index contributed by atoms with van der Waals surface area (Å²) in [6.45, 7) is 2.69. The fraction of sp³-hybridized carbons (Fsp3) is 0.375. The van der Waals surface area contributed by atoms with Crippen LogP contribution in [0.2, 0.25) is 0 Å². The first kappa shape index (κ1) is 22.3. The normalized spacial score (nSPS) is 12.7. The number of ether oxygens (including phenoxy) is 1. The smallest absolute Gasteiger partial charge is 0.273 e. The second kappa shape index (κ2) is 11.2. The number of unbranched alkanes of at least 4 members (excludes halogenated alkanes) is 3. The number of carbonyl (C=O) groups is 3. The summed E-state index contributed by atoms with van der Waals surface area (Å²) in [7, 11) is 0. The Labute approximate surface area is 182 Å². The third-order valence-corrected chi connectivity index (χ3v) is 5.04. The van der Waals surface area contributed by atoms with Gasteiger partial charge in [-0.25, -0.2) is 0 Å². The van der Waals surface area contributed by atoms with Crippen LogP contribution in [0.1, 0.15) is 66.2 Å². The first-order chi connectivity index (χ1) is 15.1. The molecule has 1 fully saturated rings. The van der Waals surface area contributed by atoms with Crippen molar-refractivity contribution in [1.82, 2.24) is 10.9 Å². The van der Waals surface area contributed by atoms with E-state index in [-0.39, 0.29) is 11.8 Å². The van der Waals surface area contributed by atoms with Crippen molar-refractivity contribution in [2.75, 3.05) is 11.9 Å². The first-order valence-electron chi connectivity index (χ1n) is 10.8.